The van der Waals surface area contributed by atoms with Gasteiger partial charge >= 0.3 is 0 Å². The molecule has 82 valence electrons. The summed E-state index contributed by atoms with van der Waals surface area (Å²) in [5, 5.41) is 13.3. The monoisotopic (exact) mass is 199 g/mol. The van der Waals surface area contributed by atoms with Gasteiger partial charge in [-0.1, -0.05) is 12.8 Å². The van der Waals surface area contributed by atoms with Crippen LogP contribution in [0.1, 0.15) is 38.5 Å². The van der Waals surface area contributed by atoms with E-state index >= 15 is 0 Å². The number of rotatable bonds is 2. The van der Waals surface area contributed by atoms with Gasteiger partial charge in [-0.05, 0) is 25.7 Å². The van der Waals surface area contributed by atoms with Crippen LogP contribution in [0, 0.1) is 0 Å². The molecule has 0 aromatic rings. The van der Waals surface area contributed by atoms with E-state index in [1.165, 1.54) is 19.3 Å². The number of ether oxygens (including phenoxy) is 1. The Morgan fingerprint density at radius 1 is 1.07 bits per heavy atom. The molecule has 1 aliphatic heterocycles. The molecule has 0 aromatic carbocycles. The lowest BCUT2D eigenvalue weighted by Gasteiger charge is -2.33. The molecule has 3 nitrogen and oxygen atoms in total. The molecule has 2 fully saturated rings. The van der Waals surface area contributed by atoms with E-state index in [1.807, 2.05) is 0 Å². The van der Waals surface area contributed by atoms with Crippen molar-refractivity contribution in [1.82, 2.24) is 5.32 Å². The minimum atomic E-state index is -0.134. The first-order chi connectivity index (χ1) is 6.86. The maximum atomic E-state index is 9.80. The Morgan fingerprint density at radius 3 is 2.64 bits per heavy atom. The Labute approximate surface area is 85.8 Å². The van der Waals surface area contributed by atoms with E-state index in [2.05, 4.69) is 5.32 Å². The van der Waals surface area contributed by atoms with E-state index in [4.69, 9.17) is 4.74 Å². The molecule has 0 amide bonds. The molecule has 1 heterocycles. The lowest BCUT2D eigenvalue weighted by atomic mass is 9.91. The predicted molar refractivity (Wildman–Crippen MR) is 55.2 cm³/mol. The van der Waals surface area contributed by atoms with Gasteiger partial charge in [-0.15, -0.1) is 0 Å². The second-order valence-corrected chi connectivity index (χ2v) is 4.54. The highest BCUT2D eigenvalue weighted by Gasteiger charge is 2.25. The average Bonchev–Trinajstić information content (AvgIpc) is 2.23. The summed E-state index contributed by atoms with van der Waals surface area (Å²) in [7, 11) is 0. The summed E-state index contributed by atoms with van der Waals surface area (Å²) in [6, 6.07) is 0.789. The van der Waals surface area contributed by atoms with Crippen LogP contribution in [0.2, 0.25) is 0 Å². The van der Waals surface area contributed by atoms with Crippen LogP contribution in [0.3, 0.4) is 0 Å². The number of nitrogens with one attached hydrogen (secondary N) is 1. The topological polar surface area (TPSA) is 41.5 Å². The van der Waals surface area contributed by atoms with Crippen molar-refractivity contribution < 1.29 is 9.84 Å². The Morgan fingerprint density at radius 2 is 1.93 bits per heavy atom. The van der Waals surface area contributed by atoms with E-state index in [-0.39, 0.29) is 6.10 Å². The molecule has 2 N–H and O–H groups in total. The van der Waals surface area contributed by atoms with Crippen molar-refractivity contribution in [2.45, 2.75) is 56.7 Å². The molecular formula is C11H21NO2. The molecule has 1 saturated heterocycles. The third-order valence-corrected chi connectivity index (χ3v) is 3.34. The number of hydrogen-bond donors (Lipinski definition) is 2. The van der Waals surface area contributed by atoms with Crippen molar-refractivity contribution in [3.05, 3.63) is 0 Å². The van der Waals surface area contributed by atoms with Crippen LogP contribution in [0.4, 0.5) is 0 Å². The van der Waals surface area contributed by atoms with Crippen molar-refractivity contribution in [2.75, 3.05) is 13.2 Å². The first-order valence-electron chi connectivity index (χ1n) is 5.88. The highest BCUT2D eigenvalue weighted by Crippen LogP contribution is 2.20. The Hall–Kier alpha value is -0.120. The molecule has 1 unspecified atom stereocenters. The lowest BCUT2D eigenvalue weighted by Crippen LogP contribution is -2.49. The standard InChI is InChI=1S/C11H21NO2/c13-11-6-2-1-5-10(11)12-9-4-3-7-14-8-9/h9-13H,1-8H2/t9?,10-,11-/m1/s1. The van der Waals surface area contributed by atoms with Gasteiger partial charge < -0.3 is 15.2 Å². The Balaban J connectivity index is 1.76. The van der Waals surface area contributed by atoms with Crippen LogP contribution in [-0.2, 0) is 4.74 Å². The summed E-state index contributed by atoms with van der Waals surface area (Å²) in [6.45, 7) is 1.73. The third kappa shape index (κ3) is 2.69. The fourth-order valence-electron chi connectivity index (χ4n) is 2.48. The Kier molecular flexibility index (Phi) is 3.79. The zero-order valence-corrected chi connectivity index (χ0v) is 8.74. The van der Waals surface area contributed by atoms with E-state index in [0.29, 0.717) is 12.1 Å². The summed E-state index contributed by atoms with van der Waals surface area (Å²) in [5.41, 5.74) is 0. The molecule has 2 rings (SSSR count). The molecular weight excluding hydrogens is 178 g/mol. The normalized spacial score (nSPS) is 39.6. The number of aliphatic hydroxyl groups excluding tert-OH is 1. The van der Waals surface area contributed by atoms with Gasteiger partial charge in [0.1, 0.15) is 0 Å². The van der Waals surface area contributed by atoms with E-state index in [1.54, 1.807) is 0 Å². The highest BCUT2D eigenvalue weighted by atomic mass is 16.5. The van der Waals surface area contributed by atoms with Crippen LogP contribution < -0.4 is 5.32 Å². The SMILES string of the molecule is O[C@@H]1CCCC[C@H]1NC1CCCOC1. The highest BCUT2D eigenvalue weighted by molar-refractivity contribution is 4.84. The van der Waals surface area contributed by atoms with Gasteiger partial charge in [-0.2, -0.15) is 0 Å². The van der Waals surface area contributed by atoms with Crippen LogP contribution in [0.15, 0.2) is 0 Å². The second-order valence-electron chi connectivity index (χ2n) is 4.54. The van der Waals surface area contributed by atoms with Crippen LogP contribution in [0.25, 0.3) is 0 Å². The molecule has 14 heavy (non-hydrogen) atoms. The van der Waals surface area contributed by atoms with Crippen molar-refractivity contribution >= 4 is 0 Å². The zero-order chi connectivity index (χ0) is 9.80. The molecule has 1 aliphatic carbocycles. The van der Waals surface area contributed by atoms with Crippen molar-refractivity contribution in [1.29, 1.82) is 0 Å². The first kappa shape index (κ1) is 10.4. The van der Waals surface area contributed by atoms with Gasteiger partial charge in [0.2, 0.25) is 0 Å². The third-order valence-electron chi connectivity index (χ3n) is 3.34. The average molecular weight is 199 g/mol. The van der Waals surface area contributed by atoms with Crippen molar-refractivity contribution in [3.8, 4) is 0 Å². The summed E-state index contributed by atoms with van der Waals surface area (Å²) < 4.78 is 5.41. The molecule has 0 radical (unpaired) electrons. The fraction of sp³-hybridized carbons (Fsp3) is 1.00. The summed E-state index contributed by atoms with van der Waals surface area (Å²) in [6.07, 6.45) is 6.74. The maximum absolute atomic E-state index is 9.80. The van der Waals surface area contributed by atoms with Gasteiger partial charge in [0.15, 0.2) is 0 Å². The second kappa shape index (κ2) is 5.10. The summed E-state index contributed by atoms with van der Waals surface area (Å²) in [4.78, 5) is 0. The smallest absolute Gasteiger partial charge is 0.0693 e. The molecule has 3 heteroatoms. The molecule has 3 atom stereocenters. The van der Waals surface area contributed by atoms with Gasteiger partial charge in [0.25, 0.3) is 0 Å². The number of hydrogen-bond acceptors (Lipinski definition) is 3. The zero-order valence-electron chi connectivity index (χ0n) is 8.74. The first-order valence-corrected chi connectivity index (χ1v) is 5.88. The van der Waals surface area contributed by atoms with Gasteiger partial charge in [-0.25, -0.2) is 0 Å². The predicted octanol–water partition coefficient (Wildman–Crippen LogP) is 1.06. The van der Waals surface area contributed by atoms with Crippen molar-refractivity contribution in [2.24, 2.45) is 0 Å². The number of aliphatic hydroxyl groups is 1. The van der Waals surface area contributed by atoms with E-state index in [0.717, 1.165) is 32.5 Å². The quantitative estimate of drug-likeness (QED) is 0.698. The summed E-state index contributed by atoms with van der Waals surface area (Å²) >= 11 is 0. The summed E-state index contributed by atoms with van der Waals surface area (Å²) in [5.74, 6) is 0. The Bertz CT molecular complexity index is 169. The van der Waals surface area contributed by atoms with Crippen LogP contribution >= 0.6 is 0 Å². The van der Waals surface area contributed by atoms with E-state index < -0.39 is 0 Å². The largest absolute Gasteiger partial charge is 0.392 e. The molecule has 2 aliphatic rings. The molecule has 0 bridgehead atoms. The fourth-order valence-corrected chi connectivity index (χ4v) is 2.48. The van der Waals surface area contributed by atoms with Crippen LogP contribution in [0.5, 0.6) is 0 Å². The van der Waals surface area contributed by atoms with E-state index in [9.17, 15) is 5.11 Å². The minimum absolute atomic E-state index is 0.134. The molecule has 0 aromatic heterocycles. The van der Waals surface area contributed by atoms with Gasteiger partial charge in [0.05, 0.1) is 12.7 Å². The lowest BCUT2D eigenvalue weighted by molar-refractivity contribution is 0.0397. The van der Waals surface area contributed by atoms with Gasteiger partial charge in [0, 0.05) is 18.7 Å². The van der Waals surface area contributed by atoms with Crippen molar-refractivity contribution in [3.63, 3.8) is 0 Å². The minimum Gasteiger partial charge on any atom is -0.392 e. The van der Waals surface area contributed by atoms with Gasteiger partial charge in [-0.3, -0.25) is 0 Å². The molecule has 1 saturated carbocycles. The van der Waals surface area contributed by atoms with Crippen LogP contribution in [-0.4, -0.2) is 36.5 Å². The molecule has 0 spiro atoms. The maximum Gasteiger partial charge on any atom is 0.0693 e.